The van der Waals surface area contributed by atoms with Gasteiger partial charge in [0.05, 0.1) is 4.92 Å². The molecule has 0 aliphatic heterocycles. The Hall–Kier alpha value is -3.73. The van der Waals surface area contributed by atoms with Crippen LogP contribution in [-0.4, -0.2) is 10.7 Å². The Morgan fingerprint density at radius 3 is 2.41 bits per heavy atom. The highest BCUT2D eigenvalue weighted by Gasteiger charge is 2.04. The standard InChI is InChI=1S/C22H17NO4/c24-22(19-6-2-1-3-7-19)14-11-17-5-4-8-21(15-17)27-16-18-9-12-20(13-10-18)23(25)26/h1-15H,16H2/b14-11+. The zero-order valence-corrected chi connectivity index (χ0v) is 14.4. The maximum absolute atomic E-state index is 12.1. The summed E-state index contributed by atoms with van der Waals surface area (Å²) < 4.78 is 5.74. The van der Waals surface area contributed by atoms with Gasteiger partial charge in [-0.2, -0.15) is 0 Å². The summed E-state index contributed by atoms with van der Waals surface area (Å²) in [6.45, 7) is 0.300. The van der Waals surface area contributed by atoms with E-state index in [1.165, 1.54) is 18.2 Å². The average molecular weight is 359 g/mol. The quantitative estimate of drug-likeness (QED) is 0.256. The van der Waals surface area contributed by atoms with E-state index in [0.717, 1.165) is 11.1 Å². The fourth-order valence-electron chi connectivity index (χ4n) is 2.46. The molecule has 0 fully saturated rings. The SMILES string of the molecule is O=C(/C=C/c1cccc(OCc2ccc([N+](=O)[O-])cc2)c1)c1ccccc1. The van der Waals surface area contributed by atoms with Crippen molar-refractivity contribution in [3.63, 3.8) is 0 Å². The van der Waals surface area contributed by atoms with Crippen LogP contribution in [0.15, 0.2) is 84.9 Å². The van der Waals surface area contributed by atoms with Gasteiger partial charge in [0.25, 0.3) is 5.69 Å². The van der Waals surface area contributed by atoms with E-state index in [0.29, 0.717) is 17.9 Å². The minimum Gasteiger partial charge on any atom is -0.489 e. The van der Waals surface area contributed by atoms with Crippen LogP contribution in [-0.2, 0) is 6.61 Å². The van der Waals surface area contributed by atoms with Crippen LogP contribution in [0.1, 0.15) is 21.5 Å². The number of ketones is 1. The Labute approximate surface area is 156 Å². The molecule has 0 amide bonds. The first-order valence-corrected chi connectivity index (χ1v) is 8.35. The van der Waals surface area contributed by atoms with E-state index in [-0.39, 0.29) is 11.5 Å². The number of carbonyl (C=O) groups is 1. The van der Waals surface area contributed by atoms with Crippen molar-refractivity contribution in [1.29, 1.82) is 0 Å². The van der Waals surface area contributed by atoms with Crippen LogP contribution in [0, 0.1) is 10.1 Å². The Balaban J connectivity index is 1.62. The Bertz CT molecular complexity index is 963. The summed E-state index contributed by atoms with van der Waals surface area (Å²) in [7, 11) is 0. The predicted octanol–water partition coefficient (Wildman–Crippen LogP) is 5.07. The van der Waals surface area contributed by atoms with Crippen molar-refractivity contribution in [2.75, 3.05) is 0 Å². The minimum atomic E-state index is -0.433. The number of allylic oxidation sites excluding steroid dienone is 1. The smallest absolute Gasteiger partial charge is 0.269 e. The molecule has 0 unspecified atom stereocenters. The number of nitro benzene ring substituents is 1. The lowest BCUT2D eigenvalue weighted by Gasteiger charge is -2.07. The normalized spacial score (nSPS) is 10.7. The van der Waals surface area contributed by atoms with Crippen LogP contribution in [0.3, 0.4) is 0 Å². The van der Waals surface area contributed by atoms with Crippen LogP contribution in [0.4, 0.5) is 5.69 Å². The molecule has 3 aromatic carbocycles. The van der Waals surface area contributed by atoms with Gasteiger partial charge in [-0.1, -0.05) is 48.5 Å². The lowest BCUT2D eigenvalue weighted by molar-refractivity contribution is -0.384. The lowest BCUT2D eigenvalue weighted by atomic mass is 10.1. The maximum atomic E-state index is 12.1. The number of rotatable bonds is 7. The third-order valence-corrected chi connectivity index (χ3v) is 3.90. The summed E-state index contributed by atoms with van der Waals surface area (Å²) in [5, 5.41) is 10.7. The summed E-state index contributed by atoms with van der Waals surface area (Å²) in [6, 6.07) is 22.7. The molecule has 0 aliphatic carbocycles. The minimum absolute atomic E-state index is 0.0500. The highest BCUT2D eigenvalue weighted by atomic mass is 16.6. The molecule has 0 heterocycles. The van der Waals surface area contributed by atoms with Crippen LogP contribution in [0.2, 0.25) is 0 Å². The second-order valence-corrected chi connectivity index (χ2v) is 5.85. The second-order valence-electron chi connectivity index (χ2n) is 5.85. The molecule has 5 heteroatoms. The Morgan fingerprint density at radius 1 is 0.963 bits per heavy atom. The third-order valence-electron chi connectivity index (χ3n) is 3.90. The number of hydrogen-bond donors (Lipinski definition) is 0. The predicted molar refractivity (Wildman–Crippen MR) is 104 cm³/mol. The first-order chi connectivity index (χ1) is 13.1. The highest BCUT2D eigenvalue weighted by molar-refractivity contribution is 6.06. The fraction of sp³-hybridized carbons (Fsp3) is 0.0455. The molecule has 27 heavy (non-hydrogen) atoms. The largest absolute Gasteiger partial charge is 0.489 e. The number of carbonyl (C=O) groups excluding carboxylic acids is 1. The van der Waals surface area contributed by atoms with Crippen LogP contribution < -0.4 is 4.74 Å². The molecule has 134 valence electrons. The zero-order chi connectivity index (χ0) is 19.1. The van der Waals surface area contributed by atoms with E-state index < -0.39 is 4.92 Å². The Morgan fingerprint density at radius 2 is 1.70 bits per heavy atom. The molecule has 0 spiro atoms. The van der Waals surface area contributed by atoms with Gasteiger partial charge in [0.15, 0.2) is 5.78 Å². The van der Waals surface area contributed by atoms with E-state index in [2.05, 4.69) is 0 Å². The number of ether oxygens (including phenoxy) is 1. The molecule has 0 N–H and O–H groups in total. The molecular formula is C22H17NO4. The molecule has 0 atom stereocenters. The number of nitro groups is 1. The van der Waals surface area contributed by atoms with Gasteiger partial charge in [-0.3, -0.25) is 14.9 Å². The van der Waals surface area contributed by atoms with Crippen LogP contribution in [0.25, 0.3) is 6.08 Å². The van der Waals surface area contributed by atoms with E-state index in [1.807, 2.05) is 42.5 Å². The molecular weight excluding hydrogens is 342 g/mol. The molecule has 3 rings (SSSR count). The van der Waals surface area contributed by atoms with Crippen molar-refractivity contribution in [2.24, 2.45) is 0 Å². The first kappa shape index (κ1) is 18.1. The molecule has 0 radical (unpaired) electrons. The summed E-state index contributed by atoms with van der Waals surface area (Å²) in [6.07, 6.45) is 3.28. The average Bonchev–Trinajstić information content (AvgIpc) is 2.72. The van der Waals surface area contributed by atoms with Gasteiger partial charge in [0.2, 0.25) is 0 Å². The summed E-state index contributed by atoms with van der Waals surface area (Å²) in [5.74, 6) is 0.593. The first-order valence-electron chi connectivity index (χ1n) is 8.35. The monoisotopic (exact) mass is 359 g/mol. The van der Waals surface area contributed by atoms with Crippen molar-refractivity contribution in [3.8, 4) is 5.75 Å². The number of nitrogens with zero attached hydrogens (tertiary/aromatic N) is 1. The molecule has 0 saturated carbocycles. The number of benzene rings is 3. The van der Waals surface area contributed by atoms with Gasteiger partial charge >= 0.3 is 0 Å². The fourth-order valence-corrected chi connectivity index (χ4v) is 2.46. The summed E-state index contributed by atoms with van der Waals surface area (Å²) >= 11 is 0. The molecule has 5 nitrogen and oxygen atoms in total. The van der Waals surface area contributed by atoms with Crippen LogP contribution in [0.5, 0.6) is 5.75 Å². The van der Waals surface area contributed by atoms with Crippen LogP contribution >= 0.6 is 0 Å². The van der Waals surface area contributed by atoms with Gasteiger partial charge in [-0.15, -0.1) is 0 Å². The van der Waals surface area contributed by atoms with Crippen molar-refractivity contribution >= 4 is 17.5 Å². The summed E-state index contributed by atoms with van der Waals surface area (Å²) in [5.41, 5.74) is 2.37. The maximum Gasteiger partial charge on any atom is 0.269 e. The zero-order valence-electron chi connectivity index (χ0n) is 14.4. The van der Waals surface area contributed by atoms with Gasteiger partial charge in [-0.25, -0.2) is 0 Å². The molecule has 0 saturated heterocycles. The highest BCUT2D eigenvalue weighted by Crippen LogP contribution is 2.18. The van der Waals surface area contributed by atoms with E-state index in [9.17, 15) is 14.9 Å². The van der Waals surface area contributed by atoms with Crippen molar-refractivity contribution in [3.05, 3.63) is 112 Å². The third kappa shape index (κ3) is 5.12. The molecule has 0 aliphatic rings. The number of hydrogen-bond acceptors (Lipinski definition) is 4. The van der Waals surface area contributed by atoms with Gasteiger partial charge < -0.3 is 4.74 Å². The molecule has 0 bridgehead atoms. The van der Waals surface area contributed by atoms with Crippen molar-refractivity contribution in [1.82, 2.24) is 0 Å². The van der Waals surface area contributed by atoms with Gasteiger partial charge in [0, 0.05) is 17.7 Å². The van der Waals surface area contributed by atoms with E-state index in [4.69, 9.17) is 4.74 Å². The van der Waals surface area contributed by atoms with Crippen molar-refractivity contribution in [2.45, 2.75) is 6.61 Å². The van der Waals surface area contributed by atoms with E-state index >= 15 is 0 Å². The Kier molecular flexibility index (Phi) is 5.74. The lowest BCUT2D eigenvalue weighted by Crippen LogP contribution is -1.96. The topological polar surface area (TPSA) is 69.4 Å². The second kappa shape index (κ2) is 8.58. The van der Waals surface area contributed by atoms with Crippen molar-refractivity contribution < 1.29 is 14.5 Å². The molecule has 3 aromatic rings. The molecule has 0 aromatic heterocycles. The van der Waals surface area contributed by atoms with E-state index in [1.54, 1.807) is 30.3 Å². The van der Waals surface area contributed by atoms with Gasteiger partial charge in [-0.05, 0) is 41.5 Å². The van der Waals surface area contributed by atoms with Gasteiger partial charge in [0.1, 0.15) is 12.4 Å². The number of non-ortho nitro benzene ring substituents is 1. The summed E-state index contributed by atoms with van der Waals surface area (Å²) in [4.78, 5) is 22.4.